The van der Waals surface area contributed by atoms with Crippen molar-refractivity contribution in [3.05, 3.63) is 95.0 Å². The van der Waals surface area contributed by atoms with Gasteiger partial charge in [-0.25, -0.2) is 9.78 Å². The van der Waals surface area contributed by atoms with Gasteiger partial charge in [0, 0.05) is 24.2 Å². The Hall–Kier alpha value is -4.26. The maximum Gasteiger partial charge on any atom is 0.356 e. The summed E-state index contributed by atoms with van der Waals surface area (Å²) >= 11 is 0. The van der Waals surface area contributed by atoms with Crippen LogP contribution in [0.15, 0.2) is 83.8 Å². The Bertz CT molecular complexity index is 1370. The van der Waals surface area contributed by atoms with E-state index >= 15 is 0 Å². The number of carbonyl (C=O) groups excluding carboxylic acids is 2. The van der Waals surface area contributed by atoms with E-state index < -0.39 is 18.0 Å². The first-order valence-electron chi connectivity index (χ1n) is 10.6. The van der Waals surface area contributed by atoms with Crippen LogP contribution >= 0.6 is 0 Å². The highest BCUT2D eigenvalue weighted by atomic mass is 16.5. The van der Waals surface area contributed by atoms with E-state index in [0.29, 0.717) is 22.2 Å². The molecule has 0 bridgehead atoms. The lowest BCUT2D eigenvalue weighted by Gasteiger charge is -2.20. The molecule has 4 aromatic rings. The second-order valence-corrected chi connectivity index (χ2v) is 7.51. The summed E-state index contributed by atoms with van der Waals surface area (Å²) in [5.41, 5.74) is 1.12. The quantitative estimate of drug-likeness (QED) is 0.454. The van der Waals surface area contributed by atoms with Crippen LogP contribution in [0.3, 0.4) is 0 Å². The first kappa shape index (κ1) is 22.0. The number of nitrogens with zero attached hydrogens (tertiary/aromatic N) is 2. The summed E-state index contributed by atoms with van der Waals surface area (Å²) in [6.45, 7) is 1.74. The molecule has 166 valence electrons. The number of carbonyl (C=O) groups is 2. The van der Waals surface area contributed by atoms with Gasteiger partial charge in [0.25, 0.3) is 11.5 Å². The van der Waals surface area contributed by atoms with Crippen LogP contribution in [0, 0.1) is 0 Å². The first-order valence-corrected chi connectivity index (χ1v) is 10.6. The zero-order valence-electron chi connectivity index (χ0n) is 18.3. The number of rotatable bonds is 6. The molecule has 0 saturated heterocycles. The molecule has 7 heteroatoms. The van der Waals surface area contributed by atoms with Gasteiger partial charge >= 0.3 is 5.97 Å². The minimum Gasteiger partial charge on any atom is -0.448 e. The minimum absolute atomic E-state index is 0.0917. The number of aromatic nitrogens is 2. The van der Waals surface area contributed by atoms with E-state index in [1.54, 1.807) is 49.5 Å². The second kappa shape index (κ2) is 9.48. The lowest BCUT2D eigenvalue weighted by Crippen LogP contribution is -2.34. The molecule has 1 atom stereocenters. The van der Waals surface area contributed by atoms with Crippen molar-refractivity contribution in [3.63, 3.8) is 0 Å². The molecular weight excluding hydrogens is 418 g/mol. The maximum atomic E-state index is 13.4. The maximum absolute atomic E-state index is 13.4. The van der Waals surface area contributed by atoms with Crippen LogP contribution in [-0.2, 0) is 16.6 Å². The van der Waals surface area contributed by atoms with Gasteiger partial charge in [0.05, 0.1) is 0 Å². The van der Waals surface area contributed by atoms with Crippen molar-refractivity contribution in [1.29, 1.82) is 0 Å². The van der Waals surface area contributed by atoms with Gasteiger partial charge < -0.3 is 14.6 Å². The Morgan fingerprint density at radius 3 is 2.30 bits per heavy atom. The van der Waals surface area contributed by atoms with Crippen LogP contribution in [0.4, 0.5) is 5.82 Å². The molecule has 0 aliphatic rings. The zero-order valence-corrected chi connectivity index (χ0v) is 18.3. The van der Waals surface area contributed by atoms with Gasteiger partial charge in [0.15, 0.2) is 6.10 Å². The van der Waals surface area contributed by atoms with E-state index in [4.69, 9.17) is 4.74 Å². The van der Waals surface area contributed by atoms with Crippen molar-refractivity contribution in [3.8, 4) is 11.1 Å². The summed E-state index contributed by atoms with van der Waals surface area (Å²) in [6.07, 6.45) is 0.760. The number of fused-ring (bicyclic) bond motifs is 1. The molecule has 0 aliphatic heterocycles. The summed E-state index contributed by atoms with van der Waals surface area (Å²) in [6, 6.07) is 21.6. The van der Waals surface area contributed by atoms with E-state index in [-0.39, 0.29) is 17.7 Å². The van der Waals surface area contributed by atoms with Crippen LogP contribution in [0.25, 0.3) is 21.9 Å². The normalized spacial score (nSPS) is 11.7. The van der Waals surface area contributed by atoms with Crippen molar-refractivity contribution in [2.24, 2.45) is 7.05 Å². The Kier molecular flexibility index (Phi) is 6.31. The van der Waals surface area contributed by atoms with Crippen molar-refractivity contribution >= 4 is 28.5 Å². The van der Waals surface area contributed by atoms with Gasteiger partial charge in [-0.05, 0) is 35.6 Å². The summed E-state index contributed by atoms with van der Waals surface area (Å²) in [5, 5.41) is 3.79. The third-order valence-electron chi connectivity index (χ3n) is 5.39. The van der Waals surface area contributed by atoms with Gasteiger partial charge in [-0.1, -0.05) is 61.5 Å². The lowest BCUT2D eigenvalue weighted by molar-refractivity contribution is -0.124. The summed E-state index contributed by atoms with van der Waals surface area (Å²) in [4.78, 5) is 43.2. The fourth-order valence-corrected chi connectivity index (χ4v) is 3.75. The Morgan fingerprint density at radius 1 is 0.970 bits per heavy atom. The lowest BCUT2D eigenvalue weighted by atomic mass is 9.97. The van der Waals surface area contributed by atoms with Crippen molar-refractivity contribution in [2.45, 2.75) is 19.4 Å². The molecule has 7 nitrogen and oxygen atoms in total. The number of ether oxygens (including phenoxy) is 1. The van der Waals surface area contributed by atoms with E-state index in [1.165, 1.54) is 11.6 Å². The summed E-state index contributed by atoms with van der Waals surface area (Å²) in [5.74, 6) is -0.876. The molecule has 0 aliphatic carbocycles. The second-order valence-electron chi connectivity index (χ2n) is 7.51. The predicted octanol–water partition coefficient (Wildman–Crippen LogP) is 4.17. The van der Waals surface area contributed by atoms with Crippen LogP contribution < -0.4 is 10.9 Å². The standard InChI is InChI=1S/C26H23N3O4/c1-3-20(24(30)28-21-15-9-10-16-27-21)33-26(32)23-22(17-11-5-4-6-12-17)18-13-7-8-14-19(18)25(31)29(23)2/h4-16,20H,3H2,1-2H3,(H,27,28,30). The fourth-order valence-electron chi connectivity index (χ4n) is 3.75. The number of amides is 1. The highest BCUT2D eigenvalue weighted by molar-refractivity contribution is 6.07. The highest BCUT2D eigenvalue weighted by Crippen LogP contribution is 2.31. The van der Waals surface area contributed by atoms with Crippen molar-refractivity contribution < 1.29 is 14.3 Å². The SMILES string of the molecule is CCC(OC(=O)c1c(-c2ccccc2)c2ccccc2c(=O)n1C)C(=O)Nc1ccccn1. The molecule has 1 unspecified atom stereocenters. The van der Waals surface area contributed by atoms with E-state index in [9.17, 15) is 14.4 Å². The zero-order chi connectivity index (χ0) is 23.4. The number of nitrogens with one attached hydrogen (secondary N) is 1. The van der Waals surface area contributed by atoms with E-state index in [0.717, 1.165) is 5.56 Å². The smallest absolute Gasteiger partial charge is 0.356 e. The van der Waals surface area contributed by atoms with Crippen molar-refractivity contribution in [1.82, 2.24) is 9.55 Å². The Labute approximate surface area is 190 Å². The molecule has 2 heterocycles. The topological polar surface area (TPSA) is 90.3 Å². The number of esters is 1. The fraction of sp³-hybridized carbons (Fsp3) is 0.154. The summed E-state index contributed by atoms with van der Waals surface area (Å²) < 4.78 is 6.92. The van der Waals surface area contributed by atoms with Gasteiger partial charge in [0.2, 0.25) is 0 Å². The average Bonchev–Trinajstić information content (AvgIpc) is 2.85. The molecular formula is C26H23N3O4. The highest BCUT2D eigenvalue weighted by Gasteiger charge is 2.27. The molecule has 0 fully saturated rings. The van der Waals surface area contributed by atoms with Gasteiger partial charge in [-0.15, -0.1) is 0 Å². The number of anilines is 1. The molecule has 0 saturated carbocycles. The van der Waals surface area contributed by atoms with Gasteiger partial charge in [-0.3, -0.25) is 9.59 Å². The molecule has 33 heavy (non-hydrogen) atoms. The van der Waals surface area contributed by atoms with E-state index in [2.05, 4.69) is 10.3 Å². The van der Waals surface area contributed by atoms with Crippen LogP contribution in [0.1, 0.15) is 23.8 Å². The average molecular weight is 441 g/mol. The molecule has 2 aromatic carbocycles. The minimum atomic E-state index is -1.05. The third kappa shape index (κ3) is 4.39. The number of hydrogen-bond donors (Lipinski definition) is 1. The van der Waals surface area contributed by atoms with Gasteiger partial charge in [0.1, 0.15) is 11.5 Å². The van der Waals surface area contributed by atoms with Gasteiger partial charge in [-0.2, -0.15) is 0 Å². The number of benzene rings is 2. The van der Waals surface area contributed by atoms with E-state index in [1.807, 2.05) is 36.4 Å². The van der Waals surface area contributed by atoms with Crippen LogP contribution in [-0.4, -0.2) is 27.5 Å². The molecule has 2 aromatic heterocycles. The summed E-state index contributed by atoms with van der Waals surface area (Å²) in [7, 11) is 1.53. The largest absolute Gasteiger partial charge is 0.448 e. The predicted molar refractivity (Wildman–Crippen MR) is 127 cm³/mol. The number of pyridine rings is 2. The third-order valence-corrected chi connectivity index (χ3v) is 5.39. The van der Waals surface area contributed by atoms with Crippen LogP contribution in [0.2, 0.25) is 0 Å². The first-order chi connectivity index (χ1) is 16.0. The molecule has 0 spiro atoms. The molecule has 1 N–H and O–H groups in total. The molecule has 0 radical (unpaired) electrons. The Balaban J connectivity index is 1.77. The molecule has 1 amide bonds. The monoisotopic (exact) mass is 441 g/mol. The van der Waals surface area contributed by atoms with Crippen molar-refractivity contribution in [2.75, 3.05) is 5.32 Å². The van der Waals surface area contributed by atoms with Crippen LogP contribution in [0.5, 0.6) is 0 Å². The molecule has 4 rings (SSSR count). The Morgan fingerprint density at radius 2 is 1.64 bits per heavy atom. The number of hydrogen-bond acceptors (Lipinski definition) is 5.